The lowest BCUT2D eigenvalue weighted by Crippen LogP contribution is -2.24. The van der Waals surface area contributed by atoms with Crippen molar-refractivity contribution < 1.29 is 4.79 Å². The molecule has 0 saturated heterocycles. The molecular formula is C14H12BrClN2O. The smallest absolute Gasteiger partial charge is 0.253 e. The summed E-state index contributed by atoms with van der Waals surface area (Å²) in [6.45, 7) is 2.34. The predicted molar refractivity (Wildman–Crippen MR) is 79.3 cm³/mol. The molecule has 19 heavy (non-hydrogen) atoms. The number of amides is 1. The number of aromatic nitrogens is 1. The molecule has 0 atom stereocenters. The number of carbonyl (C=O) groups excluding carboxylic acids is 1. The molecule has 3 nitrogen and oxygen atoms in total. The first-order valence-electron chi connectivity index (χ1n) is 5.71. The largest absolute Gasteiger partial charge is 0.346 e. The maximum atomic E-state index is 12.1. The Bertz CT molecular complexity index is 616. The molecule has 0 saturated carbocycles. The number of halogens is 2. The number of pyridine rings is 1. The van der Waals surface area contributed by atoms with Gasteiger partial charge in [0.1, 0.15) is 0 Å². The molecule has 0 aliphatic heterocycles. The molecule has 0 aliphatic rings. The Morgan fingerprint density at radius 3 is 2.95 bits per heavy atom. The molecule has 0 unspecified atom stereocenters. The third-order valence-corrected chi connectivity index (χ3v) is 3.53. The van der Waals surface area contributed by atoms with Crippen molar-refractivity contribution in [1.82, 2.24) is 10.3 Å². The molecular weight excluding hydrogens is 328 g/mol. The fourth-order valence-electron chi connectivity index (χ4n) is 1.63. The maximum absolute atomic E-state index is 12.1. The summed E-state index contributed by atoms with van der Waals surface area (Å²) in [4.78, 5) is 16.3. The Morgan fingerprint density at radius 1 is 1.42 bits per heavy atom. The Labute approximate surface area is 125 Å². The lowest BCUT2D eigenvalue weighted by molar-refractivity contribution is 0.0950. The zero-order valence-electron chi connectivity index (χ0n) is 10.3. The van der Waals surface area contributed by atoms with Crippen molar-refractivity contribution in [2.45, 2.75) is 13.5 Å². The van der Waals surface area contributed by atoms with Crippen LogP contribution in [0.4, 0.5) is 0 Å². The Hall–Kier alpha value is -1.39. The van der Waals surface area contributed by atoms with Gasteiger partial charge in [0, 0.05) is 10.7 Å². The minimum atomic E-state index is -0.212. The second kappa shape index (κ2) is 6.17. The van der Waals surface area contributed by atoms with Crippen LogP contribution in [-0.2, 0) is 6.54 Å². The van der Waals surface area contributed by atoms with Crippen LogP contribution in [0.15, 0.2) is 41.0 Å². The van der Waals surface area contributed by atoms with Crippen LogP contribution in [0.25, 0.3) is 0 Å². The highest BCUT2D eigenvalue weighted by atomic mass is 79.9. The number of nitrogens with one attached hydrogen (secondary N) is 1. The van der Waals surface area contributed by atoms with Crippen LogP contribution in [-0.4, -0.2) is 10.9 Å². The van der Waals surface area contributed by atoms with Gasteiger partial charge in [0.25, 0.3) is 5.91 Å². The molecule has 5 heteroatoms. The Kier molecular flexibility index (Phi) is 4.56. The van der Waals surface area contributed by atoms with Crippen LogP contribution in [0.1, 0.15) is 21.6 Å². The molecule has 0 aliphatic carbocycles. The fourth-order valence-corrected chi connectivity index (χ4v) is 2.20. The van der Waals surface area contributed by atoms with Gasteiger partial charge in [0.15, 0.2) is 0 Å². The van der Waals surface area contributed by atoms with E-state index in [-0.39, 0.29) is 5.91 Å². The number of aryl methyl sites for hydroxylation is 1. The minimum Gasteiger partial charge on any atom is -0.346 e. The summed E-state index contributed by atoms with van der Waals surface area (Å²) in [5.41, 5.74) is 2.34. The summed E-state index contributed by atoms with van der Waals surface area (Å²) in [6, 6.07) is 9.00. The van der Waals surface area contributed by atoms with E-state index >= 15 is 0 Å². The molecule has 1 aromatic heterocycles. The Balaban J connectivity index is 2.10. The van der Waals surface area contributed by atoms with Gasteiger partial charge in [-0.3, -0.25) is 9.78 Å². The second-order valence-electron chi connectivity index (χ2n) is 4.07. The zero-order chi connectivity index (χ0) is 13.8. The van der Waals surface area contributed by atoms with E-state index in [0.29, 0.717) is 17.1 Å². The van der Waals surface area contributed by atoms with Gasteiger partial charge in [-0.2, -0.15) is 0 Å². The van der Waals surface area contributed by atoms with Crippen molar-refractivity contribution in [3.63, 3.8) is 0 Å². The number of carbonyl (C=O) groups is 1. The molecule has 0 radical (unpaired) electrons. The molecule has 1 amide bonds. The first-order valence-corrected chi connectivity index (χ1v) is 6.89. The van der Waals surface area contributed by atoms with Crippen LogP contribution >= 0.6 is 27.5 Å². The highest BCUT2D eigenvalue weighted by molar-refractivity contribution is 9.10. The topological polar surface area (TPSA) is 42.0 Å². The quantitative estimate of drug-likeness (QED) is 0.925. The molecule has 0 bridgehead atoms. The highest BCUT2D eigenvalue weighted by Gasteiger charge is 2.11. The first-order chi connectivity index (χ1) is 9.08. The summed E-state index contributed by atoms with van der Waals surface area (Å²) >= 11 is 9.33. The number of hydrogen-bond acceptors (Lipinski definition) is 2. The zero-order valence-corrected chi connectivity index (χ0v) is 12.6. The average Bonchev–Trinajstić information content (AvgIpc) is 2.40. The molecule has 1 N–H and O–H groups in total. The van der Waals surface area contributed by atoms with E-state index in [1.165, 1.54) is 0 Å². The summed E-state index contributed by atoms with van der Waals surface area (Å²) in [5.74, 6) is -0.212. The van der Waals surface area contributed by atoms with Crippen molar-refractivity contribution in [2.75, 3.05) is 0 Å². The summed E-state index contributed by atoms with van der Waals surface area (Å²) < 4.78 is 0.816. The lowest BCUT2D eigenvalue weighted by Gasteiger charge is -2.08. The predicted octanol–water partition coefficient (Wildman–Crippen LogP) is 3.74. The van der Waals surface area contributed by atoms with Crippen LogP contribution in [0.2, 0.25) is 5.02 Å². The third-order valence-electron chi connectivity index (χ3n) is 2.71. The van der Waals surface area contributed by atoms with Crippen molar-refractivity contribution in [1.29, 1.82) is 0 Å². The number of benzene rings is 1. The number of hydrogen-bond donors (Lipinski definition) is 1. The monoisotopic (exact) mass is 338 g/mol. The third kappa shape index (κ3) is 3.55. The van der Waals surface area contributed by atoms with Crippen molar-refractivity contribution in [3.05, 3.63) is 62.8 Å². The standard InChI is InChI=1S/C14H12BrClN2O/c1-9-3-2-6-17-13(9)8-18-14(19)11-7-10(15)4-5-12(11)16/h2-7H,8H2,1H3,(H,18,19). The van der Waals surface area contributed by atoms with Crippen LogP contribution < -0.4 is 5.32 Å². The van der Waals surface area contributed by atoms with Gasteiger partial charge in [-0.15, -0.1) is 0 Å². The highest BCUT2D eigenvalue weighted by Crippen LogP contribution is 2.20. The van der Waals surface area contributed by atoms with Crippen molar-refractivity contribution >= 4 is 33.4 Å². The van der Waals surface area contributed by atoms with Gasteiger partial charge in [0.2, 0.25) is 0 Å². The fraction of sp³-hybridized carbons (Fsp3) is 0.143. The van der Waals surface area contributed by atoms with Gasteiger partial charge in [-0.1, -0.05) is 33.6 Å². The van der Waals surface area contributed by atoms with Crippen molar-refractivity contribution in [2.24, 2.45) is 0 Å². The molecule has 98 valence electrons. The molecule has 1 heterocycles. The molecule has 0 spiro atoms. The number of nitrogens with zero attached hydrogens (tertiary/aromatic N) is 1. The molecule has 1 aromatic carbocycles. The van der Waals surface area contributed by atoms with Gasteiger partial charge < -0.3 is 5.32 Å². The summed E-state index contributed by atoms with van der Waals surface area (Å²) in [7, 11) is 0. The van der Waals surface area contributed by atoms with E-state index in [1.54, 1.807) is 24.4 Å². The first kappa shape index (κ1) is 14.0. The van der Waals surface area contributed by atoms with Crippen LogP contribution in [0.3, 0.4) is 0 Å². The van der Waals surface area contributed by atoms with E-state index in [1.807, 2.05) is 19.1 Å². The van der Waals surface area contributed by atoms with Gasteiger partial charge in [-0.25, -0.2) is 0 Å². The Morgan fingerprint density at radius 2 is 2.21 bits per heavy atom. The van der Waals surface area contributed by atoms with Crippen molar-refractivity contribution in [3.8, 4) is 0 Å². The minimum absolute atomic E-state index is 0.212. The number of rotatable bonds is 3. The van der Waals surface area contributed by atoms with E-state index in [0.717, 1.165) is 15.7 Å². The van der Waals surface area contributed by atoms with Gasteiger partial charge >= 0.3 is 0 Å². The van der Waals surface area contributed by atoms with E-state index in [9.17, 15) is 4.79 Å². The second-order valence-corrected chi connectivity index (χ2v) is 5.40. The van der Waals surface area contributed by atoms with E-state index < -0.39 is 0 Å². The SMILES string of the molecule is Cc1cccnc1CNC(=O)c1cc(Br)ccc1Cl. The molecule has 2 rings (SSSR count). The normalized spacial score (nSPS) is 10.3. The summed E-state index contributed by atoms with van der Waals surface area (Å²) in [6.07, 6.45) is 1.71. The molecule has 0 fully saturated rings. The van der Waals surface area contributed by atoms with Gasteiger partial charge in [-0.05, 0) is 36.8 Å². The van der Waals surface area contributed by atoms with Crippen LogP contribution in [0.5, 0.6) is 0 Å². The van der Waals surface area contributed by atoms with Crippen LogP contribution in [0, 0.1) is 6.92 Å². The lowest BCUT2D eigenvalue weighted by atomic mass is 10.2. The average molecular weight is 340 g/mol. The van der Waals surface area contributed by atoms with E-state index in [4.69, 9.17) is 11.6 Å². The summed E-state index contributed by atoms with van der Waals surface area (Å²) in [5, 5.41) is 3.25. The van der Waals surface area contributed by atoms with E-state index in [2.05, 4.69) is 26.2 Å². The maximum Gasteiger partial charge on any atom is 0.253 e. The molecule has 2 aromatic rings. The van der Waals surface area contributed by atoms with Gasteiger partial charge in [0.05, 0.1) is 22.8 Å².